The molecule has 4 heteroatoms. The summed E-state index contributed by atoms with van der Waals surface area (Å²) in [4.78, 5) is 14.9. The van der Waals surface area contributed by atoms with Crippen LogP contribution in [0.15, 0.2) is 48.5 Å². The number of rotatable bonds is 6. The molecule has 0 bridgehead atoms. The summed E-state index contributed by atoms with van der Waals surface area (Å²) in [5.74, 6) is 0.655. The Labute approximate surface area is 149 Å². The van der Waals surface area contributed by atoms with Crippen molar-refractivity contribution in [2.45, 2.75) is 32.4 Å². The molecule has 1 heterocycles. The van der Waals surface area contributed by atoms with Crippen molar-refractivity contribution in [1.29, 1.82) is 0 Å². The van der Waals surface area contributed by atoms with Crippen LogP contribution in [-0.2, 0) is 13.0 Å². The van der Waals surface area contributed by atoms with Crippen LogP contribution in [0.2, 0.25) is 0 Å². The monoisotopic (exact) mass is 338 g/mol. The van der Waals surface area contributed by atoms with Crippen LogP contribution in [0.1, 0.15) is 34.8 Å². The first kappa shape index (κ1) is 17.5. The summed E-state index contributed by atoms with van der Waals surface area (Å²) in [5, 5.41) is 3.09. The first-order chi connectivity index (χ1) is 12.2. The number of methoxy groups -OCH3 is 1. The number of nitrogens with zero attached hydrogens (tertiary/aromatic N) is 1. The summed E-state index contributed by atoms with van der Waals surface area (Å²) >= 11 is 0. The van der Waals surface area contributed by atoms with E-state index in [0.717, 1.165) is 25.9 Å². The molecule has 0 saturated carbocycles. The van der Waals surface area contributed by atoms with Gasteiger partial charge >= 0.3 is 0 Å². The highest BCUT2D eigenvalue weighted by atomic mass is 16.5. The summed E-state index contributed by atoms with van der Waals surface area (Å²) in [6.07, 6.45) is 2.09. The lowest BCUT2D eigenvalue weighted by Gasteiger charge is -2.35. The quantitative estimate of drug-likeness (QED) is 0.879. The first-order valence-corrected chi connectivity index (χ1v) is 8.94. The van der Waals surface area contributed by atoms with Gasteiger partial charge in [-0.3, -0.25) is 9.69 Å². The summed E-state index contributed by atoms with van der Waals surface area (Å²) < 4.78 is 5.19. The molecule has 0 aromatic heterocycles. The van der Waals surface area contributed by atoms with Gasteiger partial charge in [0.2, 0.25) is 0 Å². The van der Waals surface area contributed by atoms with Crippen molar-refractivity contribution in [3.05, 3.63) is 65.2 Å². The molecular formula is C21H26N2O2. The van der Waals surface area contributed by atoms with Crippen molar-refractivity contribution in [3.8, 4) is 5.75 Å². The van der Waals surface area contributed by atoms with Crippen molar-refractivity contribution in [2.75, 3.05) is 20.2 Å². The normalized spacial score (nSPS) is 15.3. The van der Waals surface area contributed by atoms with Gasteiger partial charge in [0.15, 0.2) is 0 Å². The van der Waals surface area contributed by atoms with Gasteiger partial charge in [0.05, 0.1) is 7.11 Å². The SMILES string of the molecule is CC[C@H](CNC(=O)c1cccc(OC)c1)N1CCc2ccccc2C1. The molecule has 0 fully saturated rings. The zero-order chi connectivity index (χ0) is 17.6. The molecule has 0 aliphatic carbocycles. The molecule has 4 nitrogen and oxygen atoms in total. The van der Waals surface area contributed by atoms with E-state index in [1.807, 2.05) is 18.2 Å². The van der Waals surface area contributed by atoms with E-state index in [-0.39, 0.29) is 5.91 Å². The standard InChI is InChI=1S/C21H26N2O2/c1-3-19(23-12-11-16-7-4-5-8-18(16)15-23)14-22-21(24)17-9-6-10-20(13-17)25-2/h4-10,13,19H,3,11-12,14-15H2,1-2H3,(H,22,24)/t19-/m1/s1. The number of benzene rings is 2. The van der Waals surface area contributed by atoms with Crippen LogP contribution >= 0.6 is 0 Å². The highest BCUT2D eigenvalue weighted by Crippen LogP contribution is 2.21. The molecule has 1 aliphatic rings. The molecule has 0 spiro atoms. The molecule has 1 aliphatic heterocycles. The number of carbonyl (C=O) groups excluding carboxylic acids is 1. The average molecular weight is 338 g/mol. The van der Waals surface area contributed by atoms with E-state index in [2.05, 4.69) is 41.4 Å². The number of nitrogens with one attached hydrogen (secondary N) is 1. The maximum atomic E-state index is 12.4. The maximum absolute atomic E-state index is 12.4. The maximum Gasteiger partial charge on any atom is 0.251 e. The zero-order valence-electron chi connectivity index (χ0n) is 15.0. The van der Waals surface area contributed by atoms with Gasteiger partial charge < -0.3 is 10.1 Å². The molecular weight excluding hydrogens is 312 g/mol. The van der Waals surface area contributed by atoms with Crippen LogP contribution in [0.3, 0.4) is 0 Å². The molecule has 0 saturated heterocycles. The van der Waals surface area contributed by atoms with Crippen molar-refractivity contribution in [1.82, 2.24) is 10.2 Å². The lowest BCUT2D eigenvalue weighted by atomic mass is 9.98. The van der Waals surface area contributed by atoms with Crippen molar-refractivity contribution >= 4 is 5.91 Å². The second-order valence-electron chi connectivity index (χ2n) is 6.49. The van der Waals surface area contributed by atoms with Gasteiger partial charge in [-0.15, -0.1) is 0 Å². The number of hydrogen-bond acceptors (Lipinski definition) is 3. The van der Waals surface area contributed by atoms with Crippen LogP contribution in [0.5, 0.6) is 5.75 Å². The van der Waals surface area contributed by atoms with Gasteiger partial charge in [0.25, 0.3) is 5.91 Å². The minimum atomic E-state index is -0.0465. The summed E-state index contributed by atoms with van der Waals surface area (Å²) in [6.45, 7) is 4.85. The van der Waals surface area contributed by atoms with Gasteiger partial charge in [-0.25, -0.2) is 0 Å². The summed E-state index contributed by atoms with van der Waals surface area (Å²) in [6, 6.07) is 16.3. The van der Waals surface area contributed by atoms with Gasteiger partial charge in [0, 0.05) is 31.2 Å². The zero-order valence-corrected chi connectivity index (χ0v) is 15.0. The van der Waals surface area contributed by atoms with Gasteiger partial charge in [0.1, 0.15) is 5.75 Å². The molecule has 25 heavy (non-hydrogen) atoms. The lowest BCUT2D eigenvalue weighted by molar-refractivity contribution is 0.0926. The number of hydrogen-bond donors (Lipinski definition) is 1. The molecule has 2 aromatic rings. The fourth-order valence-electron chi connectivity index (χ4n) is 3.44. The number of ether oxygens (including phenoxy) is 1. The molecule has 1 N–H and O–H groups in total. The Morgan fingerprint density at radius 2 is 2.00 bits per heavy atom. The Morgan fingerprint density at radius 1 is 1.20 bits per heavy atom. The van der Waals surface area contributed by atoms with Crippen molar-refractivity contribution < 1.29 is 9.53 Å². The Balaban J connectivity index is 1.60. The predicted octanol–water partition coefficient (Wildman–Crippen LogP) is 3.26. The molecule has 132 valence electrons. The largest absolute Gasteiger partial charge is 0.497 e. The van der Waals surface area contributed by atoms with Gasteiger partial charge in [-0.05, 0) is 42.2 Å². The smallest absolute Gasteiger partial charge is 0.251 e. The number of fused-ring (bicyclic) bond motifs is 1. The van der Waals surface area contributed by atoms with Crippen LogP contribution in [0.4, 0.5) is 0 Å². The van der Waals surface area contributed by atoms with Gasteiger partial charge in [-0.2, -0.15) is 0 Å². The van der Waals surface area contributed by atoms with Gasteiger partial charge in [-0.1, -0.05) is 37.3 Å². The van der Waals surface area contributed by atoms with Crippen LogP contribution in [0, 0.1) is 0 Å². The Hall–Kier alpha value is -2.33. The van der Waals surface area contributed by atoms with E-state index in [4.69, 9.17) is 4.74 Å². The summed E-state index contributed by atoms with van der Waals surface area (Å²) in [5.41, 5.74) is 3.50. The molecule has 0 unspecified atom stereocenters. The second-order valence-corrected chi connectivity index (χ2v) is 6.49. The van der Waals surface area contributed by atoms with Crippen LogP contribution in [-0.4, -0.2) is 37.0 Å². The van der Waals surface area contributed by atoms with Crippen LogP contribution < -0.4 is 10.1 Å². The summed E-state index contributed by atoms with van der Waals surface area (Å²) in [7, 11) is 1.61. The number of carbonyl (C=O) groups is 1. The van der Waals surface area contributed by atoms with Crippen molar-refractivity contribution in [2.24, 2.45) is 0 Å². The topological polar surface area (TPSA) is 41.6 Å². The lowest BCUT2D eigenvalue weighted by Crippen LogP contribution is -2.45. The number of amides is 1. The van der Waals surface area contributed by atoms with Crippen molar-refractivity contribution in [3.63, 3.8) is 0 Å². The third-order valence-corrected chi connectivity index (χ3v) is 4.98. The molecule has 1 atom stereocenters. The molecule has 0 radical (unpaired) electrons. The predicted molar refractivity (Wildman–Crippen MR) is 100.0 cm³/mol. The fraction of sp³-hybridized carbons (Fsp3) is 0.381. The second kappa shape index (κ2) is 8.17. The minimum Gasteiger partial charge on any atom is -0.497 e. The highest BCUT2D eigenvalue weighted by molar-refractivity contribution is 5.94. The van der Waals surface area contributed by atoms with E-state index < -0.39 is 0 Å². The molecule has 2 aromatic carbocycles. The van der Waals surface area contributed by atoms with E-state index >= 15 is 0 Å². The third kappa shape index (κ3) is 4.20. The van der Waals surface area contributed by atoms with Crippen LogP contribution in [0.25, 0.3) is 0 Å². The van der Waals surface area contributed by atoms with E-state index in [9.17, 15) is 4.79 Å². The molecule has 3 rings (SSSR count). The van der Waals surface area contributed by atoms with E-state index in [0.29, 0.717) is 23.9 Å². The Bertz CT molecular complexity index is 729. The average Bonchev–Trinajstić information content (AvgIpc) is 2.68. The highest BCUT2D eigenvalue weighted by Gasteiger charge is 2.22. The van der Waals surface area contributed by atoms with E-state index in [1.165, 1.54) is 11.1 Å². The fourth-order valence-corrected chi connectivity index (χ4v) is 3.44. The van der Waals surface area contributed by atoms with E-state index in [1.54, 1.807) is 13.2 Å². The first-order valence-electron chi connectivity index (χ1n) is 8.94. The Morgan fingerprint density at radius 3 is 2.76 bits per heavy atom. The molecule has 1 amide bonds. The Kier molecular flexibility index (Phi) is 5.71. The minimum absolute atomic E-state index is 0.0465. The third-order valence-electron chi connectivity index (χ3n) is 4.98.